The Bertz CT molecular complexity index is 363. The summed E-state index contributed by atoms with van der Waals surface area (Å²) in [6.07, 6.45) is 5.26. The van der Waals surface area contributed by atoms with Crippen LogP contribution in [0, 0.1) is 34.5 Å². The van der Waals surface area contributed by atoms with E-state index in [-0.39, 0.29) is 0 Å². The van der Waals surface area contributed by atoms with Gasteiger partial charge in [-0.05, 0) is 54.8 Å². The summed E-state index contributed by atoms with van der Waals surface area (Å²) in [5.74, 6) is 3.68. The van der Waals surface area contributed by atoms with Crippen LogP contribution in [0.3, 0.4) is 0 Å². The molecule has 0 aromatic carbocycles. The number of likely N-dealkylation sites (tertiary alicyclic amines) is 1. The molecule has 102 valence electrons. The fourth-order valence-corrected chi connectivity index (χ4v) is 5.23. The van der Waals surface area contributed by atoms with Gasteiger partial charge < -0.3 is 10.6 Å². The maximum Gasteiger partial charge on any atom is 0.188 e. The normalized spacial score (nSPS) is 45.7. The molecule has 2 bridgehead atoms. The molecule has 3 heteroatoms. The maximum absolute atomic E-state index is 7.75. The zero-order valence-corrected chi connectivity index (χ0v) is 11.9. The zero-order valence-electron chi connectivity index (χ0n) is 11.9. The SMILES string of the molecule is C[C@@H]1[C@@H](C2CCCN2C(=N)N)C[C@@H]2C[C@H]1C2(C)C. The monoisotopic (exact) mass is 249 g/mol. The van der Waals surface area contributed by atoms with Gasteiger partial charge in [0.1, 0.15) is 0 Å². The Balaban J connectivity index is 1.77. The number of nitrogens with one attached hydrogen (secondary N) is 1. The highest BCUT2D eigenvalue weighted by molar-refractivity contribution is 5.75. The minimum atomic E-state index is 0.295. The largest absolute Gasteiger partial charge is 0.370 e. The first kappa shape index (κ1) is 12.3. The number of fused-ring (bicyclic) bond motifs is 2. The Morgan fingerprint density at radius 2 is 2.06 bits per heavy atom. The van der Waals surface area contributed by atoms with Gasteiger partial charge in [-0.3, -0.25) is 5.41 Å². The van der Waals surface area contributed by atoms with Crippen molar-refractivity contribution < 1.29 is 0 Å². The fraction of sp³-hybridized carbons (Fsp3) is 0.933. The number of hydrogen-bond donors (Lipinski definition) is 2. The van der Waals surface area contributed by atoms with Gasteiger partial charge in [0.15, 0.2) is 5.96 Å². The summed E-state index contributed by atoms with van der Waals surface area (Å²) in [6.45, 7) is 8.36. The second kappa shape index (κ2) is 3.88. The Hall–Kier alpha value is -0.730. The highest BCUT2D eigenvalue weighted by Gasteiger charge is 2.58. The molecule has 5 atom stereocenters. The number of hydrogen-bond acceptors (Lipinski definition) is 1. The van der Waals surface area contributed by atoms with Crippen molar-refractivity contribution in [2.45, 2.75) is 52.5 Å². The average Bonchev–Trinajstić information content (AvgIpc) is 2.77. The lowest BCUT2D eigenvalue weighted by molar-refractivity contribution is -0.138. The van der Waals surface area contributed by atoms with Crippen LogP contribution in [0.15, 0.2) is 0 Å². The van der Waals surface area contributed by atoms with E-state index >= 15 is 0 Å². The van der Waals surface area contributed by atoms with E-state index in [0.29, 0.717) is 17.4 Å². The summed E-state index contributed by atoms with van der Waals surface area (Å²) >= 11 is 0. The molecule has 1 unspecified atom stereocenters. The van der Waals surface area contributed by atoms with Gasteiger partial charge in [-0.15, -0.1) is 0 Å². The lowest BCUT2D eigenvalue weighted by Crippen LogP contribution is -2.59. The summed E-state index contributed by atoms with van der Waals surface area (Å²) in [6, 6.07) is 0.555. The van der Waals surface area contributed by atoms with Gasteiger partial charge in [0, 0.05) is 12.6 Å². The van der Waals surface area contributed by atoms with Crippen molar-refractivity contribution in [2.24, 2.45) is 34.8 Å². The van der Waals surface area contributed by atoms with E-state index in [4.69, 9.17) is 11.1 Å². The molecule has 1 aliphatic heterocycles. The Kier molecular flexibility index (Phi) is 2.65. The summed E-state index contributed by atoms with van der Waals surface area (Å²) < 4.78 is 0. The molecule has 3 N–H and O–H groups in total. The van der Waals surface area contributed by atoms with Crippen molar-refractivity contribution in [3.05, 3.63) is 0 Å². The molecule has 4 aliphatic rings. The smallest absolute Gasteiger partial charge is 0.188 e. The third kappa shape index (κ3) is 1.52. The van der Waals surface area contributed by atoms with Crippen LogP contribution in [0.5, 0.6) is 0 Å². The van der Waals surface area contributed by atoms with Crippen molar-refractivity contribution in [3.63, 3.8) is 0 Å². The molecule has 1 heterocycles. The second-order valence-corrected chi connectivity index (χ2v) is 7.41. The molecule has 0 spiro atoms. The Labute approximate surface area is 111 Å². The van der Waals surface area contributed by atoms with Gasteiger partial charge in [0.25, 0.3) is 0 Å². The molecule has 0 aromatic rings. The summed E-state index contributed by atoms with van der Waals surface area (Å²) in [5, 5.41) is 7.75. The lowest BCUT2D eigenvalue weighted by Gasteiger charge is -2.63. The van der Waals surface area contributed by atoms with Crippen LogP contribution < -0.4 is 5.73 Å². The van der Waals surface area contributed by atoms with E-state index in [1.54, 1.807) is 0 Å². The van der Waals surface area contributed by atoms with Gasteiger partial charge in [0.2, 0.25) is 0 Å². The molecule has 3 saturated carbocycles. The van der Waals surface area contributed by atoms with Crippen LogP contribution in [0.25, 0.3) is 0 Å². The molecule has 1 saturated heterocycles. The Morgan fingerprint density at radius 1 is 1.33 bits per heavy atom. The predicted octanol–water partition coefficient (Wildman–Crippen LogP) is 2.66. The van der Waals surface area contributed by atoms with Gasteiger partial charge in [0.05, 0.1) is 0 Å². The van der Waals surface area contributed by atoms with Gasteiger partial charge in [-0.2, -0.15) is 0 Å². The average molecular weight is 249 g/mol. The van der Waals surface area contributed by atoms with Crippen LogP contribution in [0.1, 0.15) is 46.5 Å². The first-order valence-corrected chi connectivity index (χ1v) is 7.53. The van der Waals surface area contributed by atoms with Crippen LogP contribution in [0.4, 0.5) is 0 Å². The van der Waals surface area contributed by atoms with E-state index in [1.807, 2.05) is 0 Å². The van der Waals surface area contributed by atoms with Crippen LogP contribution in [-0.2, 0) is 0 Å². The minimum absolute atomic E-state index is 0.295. The number of nitrogens with zero attached hydrogens (tertiary/aromatic N) is 1. The molecule has 0 radical (unpaired) electrons. The molecule has 3 aliphatic carbocycles. The van der Waals surface area contributed by atoms with E-state index in [1.165, 1.54) is 25.7 Å². The van der Waals surface area contributed by atoms with Gasteiger partial charge >= 0.3 is 0 Å². The third-order valence-electron chi connectivity index (χ3n) is 6.52. The van der Waals surface area contributed by atoms with E-state index < -0.39 is 0 Å². The van der Waals surface area contributed by atoms with Crippen LogP contribution >= 0.6 is 0 Å². The summed E-state index contributed by atoms with van der Waals surface area (Å²) in [7, 11) is 0. The van der Waals surface area contributed by atoms with Crippen molar-refractivity contribution in [1.82, 2.24) is 4.90 Å². The number of rotatable bonds is 1. The molecule has 18 heavy (non-hydrogen) atoms. The summed E-state index contributed by atoms with van der Waals surface area (Å²) in [4.78, 5) is 2.17. The topological polar surface area (TPSA) is 53.1 Å². The number of guanidine groups is 1. The second-order valence-electron chi connectivity index (χ2n) is 7.41. The highest BCUT2D eigenvalue weighted by atomic mass is 15.3. The Morgan fingerprint density at radius 3 is 2.61 bits per heavy atom. The van der Waals surface area contributed by atoms with Crippen LogP contribution in [0.2, 0.25) is 0 Å². The predicted molar refractivity (Wildman–Crippen MR) is 74.3 cm³/mol. The molecular formula is C15H27N3. The fourth-order valence-electron chi connectivity index (χ4n) is 5.23. The number of nitrogens with two attached hydrogens (primary N) is 1. The lowest BCUT2D eigenvalue weighted by atomic mass is 9.43. The first-order valence-electron chi connectivity index (χ1n) is 7.53. The van der Waals surface area contributed by atoms with Gasteiger partial charge in [-0.1, -0.05) is 20.8 Å². The van der Waals surface area contributed by atoms with Crippen molar-refractivity contribution >= 4 is 5.96 Å². The standard InChI is InChI=1S/C15H27N3/c1-9-11(7-10-8-12(9)15(10,2)3)13-5-4-6-18(13)14(16)17/h9-13H,4-8H2,1-3H3,(H3,16,17)/t9-,10-,11+,12-,13?/m1/s1. The molecule has 0 amide bonds. The van der Waals surface area contributed by atoms with Crippen molar-refractivity contribution in [1.29, 1.82) is 5.41 Å². The van der Waals surface area contributed by atoms with E-state index in [9.17, 15) is 0 Å². The molecular weight excluding hydrogens is 222 g/mol. The molecule has 0 aromatic heterocycles. The van der Waals surface area contributed by atoms with Crippen LogP contribution in [-0.4, -0.2) is 23.4 Å². The van der Waals surface area contributed by atoms with E-state index in [2.05, 4.69) is 25.7 Å². The first-order chi connectivity index (χ1) is 8.43. The highest BCUT2D eigenvalue weighted by Crippen LogP contribution is 2.64. The van der Waals surface area contributed by atoms with Crippen molar-refractivity contribution in [2.75, 3.05) is 6.54 Å². The van der Waals surface area contributed by atoms with Gasteiger partial charge in [-0.25, -0.2) is 0 Å². The third-order valence-corrected chi connectivity index (χ3v) is 6.52. The summed E-state index contributed by atoms with van der Waals surface area (Å²) in [5.41, 5.74) is 6.31. The quantitative estimate of drug-likeness (QED) is 0.554. The minimum Gasteiger partial charge on any atom is -0.370 e. The van der Waals surface area contributed by atoms with Crippen molar-refractivity contribution in [3.8, 4) is 0 Å². The van der Waals surface area contributed by atoms with E-state index in [0.717, 1.165) is 30.2 Å². The molecule has 3 nitrogen and oxygen atoms in total. The zero-order chi connectivity index (χ0) is 13.1. The maximum atomic E-state index is 7.75. The molecule has 4 rings (SSSR count). The molecule has 4 fully saturated rings.